The quantitative estimate of drug-likeness (QED) is 0.747. The number of para-hydroxylation sites is 1. The Morgan fingerprint density at radius 2 is 1.78 bits per heavy atom. The highest BCUT2D eigenvalue weighted by Gasteiger charge is 2.20. The largest absolute Gasteiger partial charge is 0.477 e. The smallest absolute Gasteiger partial charge is 0.346 e. The van der Waals surface area contributed by atoms with E-state index in [1.54, 1.807) is 6.92 Å². The molecule has 0 aliphatic heterocycles. The molecule has 1 aromatic carbocycles. The lowest BCUT2D eigenvalue weighted by Crippen LogP contribution is -2.01. The molecule has 3 aromatic rings. The van der Waals surface area contributed by atoms with Crippen LogP contribution in [0.2, 0.25) is 0 Å². The Kier molecular flexibility index (Phi) is 3.77. The number of aromatic carboxylic acids is 1. The maximum atomic E-state index is 11.4. The van der Waals surface area contributed by atoms with E-state index < -0.39 is 5.97 Å². The number of thiophene rings is 1. The van der Waals surface area contributed by atoms with Gasteiger partial charge in [0.15, 0.2) is 0 Å². The molecule has 0 fully saturated rings. The topological polar surface area (TPSA) is 75.1 Å². The number of fused-ring (bicyclic) bond motifs is 1. The maximum Gasteiger partial charge on any atom is 0.346 e. The third kappa shape index (κ3) is 2.66. The molecular weight excluding hydrogens is 310 g/mol. The Labute approximate surface area is 138 Å². The van der Waals surface area contributed by atoms with Crippen LogP contribution in [0, 0.1) is 27.7 Å². The van der Waals surface area contributed by atoms with Crippen molar-refractivity contribution >= 4 is 39.0 Å². The Hall–Kier alpha value is -2.47. The number of carboxylic acids is 1. The first-order valence-corrected chi connectivity index (χ1v) is 8.04. The fraction of sp³-hybridized carbons (Fsp3) is 0.235. The zero-order chi connectivity index (χ0) is 16.7. The second-order valence-electron chi connectivity index (χ2n) is 5.55. The lowest BCUT2D eigenvalue weighted by Gasteiger charge is -2.13. The molecule has 0 amide bonds. The third-order valence-corrected chi connectivity index (χ3v) is 4.99. The molecule has 0 aliphatic rings. The molecule has 0 saturated heterocycles. The molecule has 0 saturated carbocycles. The van der Waals surface area contributed by atoms with Crippen molar-refractivity contribution in [2.45, 2.75) is 27.7 Å². The van der Waals surface area contributed by atoms with E-state index in [-0.39, 0.29) is 0 Å². The summed E-state index contributed by atoms with van der Waals surface area (Å²) in [5, 5.41) is 13.5. The van der Waals surface area contributed by atoms with Crippen molar-refractivity contribution in [2.24, 2.45) is 0 Å². The molecule has 0 aliphatic carbocycles. The van der Waals surface area contributed by atoms with E-state index in [1.165, 1.54) is 11.3 Å². The van der Waals surface area contributed by atoms with Crippen molar-refractivity contribution in [3.8, 4) is 0 Å². The molecule has 2 aromatic heterocycles. The number of hydrogen-bond donors (Lipinski definition) is 2. The molecule has 0 radical (unpaired) electrons. The molecule has 0 unspecified atom stereocenters. The van der Waals surface area contributed by atoms with E-state index in [0.717, 1.165) is 22.2 Å². The minimum atomic E-state index is -0.929. The van der Waals surface area contributed by atoms with Gasteiger partial charge < -0.3 is 10.4 Å². The van der Waals surface area contributed by atoms with Gasteiger partial charge in [0.25, 0.3) is 0 Å². The van der Waals surface area contributed by atoms with Gasteiger partial charge in [-0.2, -0.15) is 0 Å². The highest BCUT2D eigenvalue weighted by atomic mass is 32.1. The summed E-state index contributed by atoms with van der Waals surface area (Å²) in [7, 11) is 0. The van der Waals surface area contributed by atoms with Gasteiger partial charge in [0.05, 0.1) is 5.39 Å². The van der Waals surface area contributed by atoms with Crippen molar-refractivity contribution < 1.29 is 9.90 Å². The zero-order valence-corrected chi connectivity index (χ0v) is 14.2. The highest BCUT2D eigenvalue weighted by Crippen LogP contribution is 2.36. The van der Waals surface area contributed by atoms with Gasteiger partial charge in [-0.15, -0.1) is 11.3 Å². The molecule has 0 atom stereocenters. The number of benzene rings is 1. The van der Waals surface area contributed by atoms with Crippen LogP contribution in [0.15, 0.2) is 18.2 Å². The van der Waals surface area contributed by atoms with E-state index in [0.29, 0.717) is 26.9 Å². The number of carbonyl (C=O) groups is 1. The van der Waals surface area contributed by atoms with E-state index in [2.05, 4.69) is 15.3 Å². The summed E-state index contributed by atoms with van der Waals surface area (Å²) < 4.78 is 0. The van der Waals surface area contributed by atoms with Gasteiger partial charge in [0.1, 0.15) is 21.3 Å². The Morgan fingerprint density at radius 1 is 1.13 bits per heavy atom. The Balaban J connectivity index is 2.23. The van der Waals surface area contributed by atoms with Gasteiger partial charge >= 0.3 is 5.97 Å². The van der Waals surface area contributed by atoms with Gasteiger partial charge in [-0.25, -0.2) is 14.8 Å². The summed E-state index contributed by atoms with van der Waals surface area (Å²) in [5.74, 6) is 0.344. The van der Waals surface area contributed by atoms with Crippen molar-refractivity contribution in [1.29, 1.82) is 0 Å². The van der Waals surface area contributed by atoms with E-state index in [1.807, 2.05) is 39.0 Å². The lowest BCUT2D eigenvalue weighted by molar-refractivity contribution is 0.0701. The highest BCUT2D eigenvalue weighted by molar-refractivity contribution is 7.20. The van der Waals surface area contributed by atoms with Crippen LogP contribution in [0.1, 0.15) is 32.2 Å². The molecule has 118 valence electrons. The molecular formula is C17H17N3O2S. The van der Waals surface area contributed by atoms with Crippen molar-refractivity contribution in [3.63, 3.8) is 0 Å². The minimum absolute atomic E-state index is 0.310. The fourth-order valence-electron chi connectivity index (χ4n) is 2.67. The normalized spacial score (nSPS) is 11.0. The van der Waals surface area contributed by atoms with Crippen LogP contribution in [0.25, 0.3) is 10.2 Å². The summed E-state index contributed by atoms with van der Waals surface area (Å²) >= 11 is 1.19. The van der Waals surface area contributed by atoms with Crippen molar-refractivity contribution in [2.75, 3.05) is 5.32 Å². The number of aromatic nitrogens is 2. The number of anilines is 2. The predicted octanol–water partition coefficient (Wildman–Crippen LogP) is 4.37. The number of nitrogens with zero attached hydrogens (tertiary/aromatic N) is 2. The van der Waals surface area contributed by atoms with Crippen molar-refractivity contribution in [3.05, 3.63) is 45.6 Å². The van der Waals surface area contributed by atoms with Crippen LogP contribution in [-0.4, -0.2) is 21.0 Å². The van der Waals surface area contributed by atoms with Gasteiger partial charge in [-0.1, -0.05) is 18.2 Å². The number of hydrogen-bond acceptors (Lipinski definition) is 5. The van der Waals surface area contributed by atoms with Gasteiger partial charge in [0.2, 0.25) is 0 Å². The first-order chi connectivity index (χ1) is 10.9. The first-order valence-electron chi connectivity index (χ1n) is 7.22. The van der Waals surface area contributed by atoms with Crippen LogP contribution in [-0.2, 0) is 0 Å². The Bertz CT molecular complexity index is 911. The lowest BCUT2D eigenvalue weighted by atomic mass is 10.1. The van der Waals surface area contributed by atoms with Crippen LogP contribution in [0.4, 0.5) is 11.5 Å². The molecule has 5 nitrogen and oxygen atoms in total. The monoisotopic (exact) mass is 327 g/mol. The zero-order valence-electron chi connectivity index (χ0n) is 13.4. The second-order valence-corrected chi connectivity index (χ2v) is 6.55. The van der Waals surface area contributed by atoms with Crippen LogP contribution < -0.4 is 5.32 Å². The maximum absolute atomic E-state index is 11.4. The van der Waals surface area contributed by atoms with Gasteiger partial charge in [-0.05, 0) is 44.4 Å². The van der Waals surface area contributed by atoms with Crippen LogP contribution in [0.5, 0.6) is 0 Å². The first kappa shape index (κ1) is 15.4. The molecule has 0 spiro atoms. The summed E-state index contributed by atoms with van der Waals surface area (Å²) in [4.78, 5) is 21.3. The summed E-state index contributed by atoms with van der Waals surface area (Å²) in [6.45, 7) is 7.68. The van der Waals surface area contributed by atoms with Crippen molar-refractivity contribution in [1.82, 2.24) is 9.97 Å². The second kappa shape index (κ2) is 5.62. The molecule has 2 heterocycles. The summed E-state index contributed by atoms with van der Waals surface area (Å²) in [6.07, 6.45) is 0. The SMILES string of the molecule is Cc1nc(Nc2c(C)cccc2C)c2c(C)c(C(=O)O)sc2n1. The van der Waals surface area contributed by atoms with E-state index in [9.17, 15) is 9.90 Å². The molecule has 23 heavy (non-hydrogen) atoms. The third-order valence-electron chi connectivity index (χ3n) is 3.82. The molecule has 3 rings (SSSR count). The Morgan fingerprint density at radius 3 is 2.39 bits per heavy atom. The summed E-state index contributed by atoms with van der Waals surface area (Å²) in [6, 6.07) is 6.07. The number of carboxylic acid groups (broad SMARTS) is 1. The number of nitrogens with one attached hydrogen (secondary N) is 1. The van der Waals surface area contributed by atoms with Crippen LogP contribution >= 0.6 is 11.3 Å². The standard InChI is InChI=1S/C17H17N3O2S/c1-8-6-5-7-9(2)13(8)20-15-12-10(3)14(17(21)22)23-16(12)19-11(4)18-15/h5-7H,1-4H3,(H,21,22)(H,18,19,20). The average Bonchev–Trinajstić information content (AvgIpc) is 2.80. The predicted molar refractivity (Wildman–Crippen MR) is 93.0 cm³/mol. The van der Waals surface area contributed by atoms with E-state index >= 15 is 0 Å². The summed E-state index contributed by atoms with van der Waals surface area (Å²) in [5.41, 5.74) is 3.92. The fourth-order valence-corrected chi connectivity index (χ4v) is 3.74. The van der Waals surface area contributed by atoms with Gasteiger partial charge in [-0.3, -0.25) is 0 Å². The minimum Gasteiger partial charge on any atom is -0.477 e. The average molecular weight is 327 g/mol. The van der Waals surface area contributed by atoms with E-state index in [4.69, 9.17) is 0 Å². The molecule has 0 bridgehead atoms. The number of aryl methyl sites for hydroxylation is 4. The molecule has 6 heteroatoms. The van der Waals surface area contributed by atoms with Crippen LogP contribution in [0.3, 0.4) is 0 Å². The molecule has 2 N–H and O–H groups in total. The van der Waals surface area contributed by atoms with Gasteiger partial charge in [0, 0.05) is 5.69 Å². The number of rotatable bonds is 3.